The van der Waals surface area contributed by atoms with Gasteiger partial charge in [-0.15, -0.1) is 0 Å². The van der Waals surface area contributed by atoms with E-state index in [1.54, 1.807) is 18.2 Å². The topological polar surface area (TPSA) is 135 Å². The molecule has 0 radical (unpaired) electrons. The first-order valence-corrected chi connectivity index (χ1v) is 10.3. The first kappa shape index (κ1) is 24.5. The summed E-state index contributed by atoms with van der Waals surface area (Å²) in [7, 11) is 0. The van der Waals surface area contributed by atoms with Crippen molar-refractivity contribution in [1.82, 2.24) is 10.2 Å². The minimum Gasteiger partial charge on any atom is -0.465 e. The van der Waals surface area contributed by atoms with Gasteiger partial charge >= 0.3 is 6.09 Å². The van der Waals surface area contributed by atoms with Crippen LogP contribution in [-0.2, 0) is 4.79 Å². The van der Waals surface area contributed by atoms with E-state index in [2.05, 4.69) is 31.3 Å². The number of amides is 2. The third-order valence-corrected chi connectivity index (χ3v) is 4.81. The van der Waals surface area contributed by atoms with Crippen LogP contribution in [0.2, 0.25) is 0 Å². The molecule has 0 fully saturated rings. The molecule has 0 saturated carbocycles. The number of halogens is 1. The standard InChI is InChI=1S/C19H26BrN5O4/c1-19(2,3)25(18(28)29)10-5-4-9-15(16(26)12-20)22-17(27)13-7-6-8-14(11-13)23-24-21/h6-8,11,15H,4-5,9-10,12H2,1-3H3,(H,22,27)(H,28,29)/t15-/m0/s1. The highest BCUT2D eigenvalue weighted by molar-refractivity contribution is 9.09. The molecule has 0 unspecified atom stereocenters. The van der Waals surface area contributed by atoms with Crippen LogP contribution in [0.5, 0.6) is 0 Å². The first-order chi connectivity index (χ1) is 13.6. The summed E-state index contributed by atoms with van der Waals surface area (Å²) < 4.78 is 0. The zero-order chi connectivity index (χ0) is 22.0. The van der Waals surface area contributed by atoms with Crippen LogP contribution in [0.25, 0.3) is 10.4 Å². The Labute approximate surface area is 178 Å². The lowest BCUT2D eigenvalue weighted by atomic mass is 10.0. The molecule has 0 heterocycles. The fraction of sp³-hybridized carbons (Fsp3) is 0.526. The van der Waals surface area contributed by atoms with E-state index < -0.39 is 23.6 Å². The van der Waals surface area contributed by atoms with Crippen molar-refractivity contribution in [3.8, 4) is 0 Å². The number of ketones is 1. The molecule has 0 spiro atoms. The highest BCUT2D eigenvalue weighted by Gasteiger charge is 2.26. The number of carbonyl (C=O) groups is 3. The fourth-order valence-corrected chi connectivity index (χ4v) is 3.14. The lowest BCUT2D eigenvalue weighted by molar-refractivity contribution is -0.118. The van der Waals surface area contributed by atoms with Gasteiger partial charge in [0.15, 0.2) is 5.78 Å². The Morgan fingerprint density at radius 3 is 2.55 bits per heavy atom. The minimum atomic E-state index is -0.987. The summed E-state index contributed by atoms with van der Waals surface area (Å²) in [4.78, 5) is 40.1. The predicted molar refractivity (Wildman–Crippen MR) is 114 cm³/mol. The molecule has 0 aliphatic carbocycles. The molecule has 1 atom stereocenters. The maximum Gasteiger partial charge on any atom is 0.407 e. The Bertz CT molecular complexity index is 787. The van der Waals surface area contributed by atoms with E-state index >= 15 is 0 Å². The van der Waals surface area contributed by atoms with E-state index in [0.717, 1.165) is 0 Å². The van der Waals surface area contributed by atoms with Crippen molar-refractivity contribution >= 4 is 39.4 Å². The van der Waals surface area contributed by atoms with Crippen molar-refractivity contribution in [3.05, 3.63) is 40.3 Å². The molecule has 9 nitrogen and oxygen atoms in total. The van der Waals surface area contributed by atoms with Gasteiger partial charge in [0.25, 0.3) is 5.91 Å². The zero-order valence-electron chi connectivity index (χ0n) is 16.8. The monoisotopic (exact) mass is 467 g/mol. The maximum atomic E-state index is 12.5. The molecular weight excluding hydrogens is 442 g/mol. The van der Waals surface area contributed by atoms with E-state index in [0.29, 0.717) is 31.5 Å². The van der Waals surface area contributed by atoms with Crippen molar-refractivity contribution in [1.29, 1.82) is 0 Å². The molecule has 10 heteroatoms. The van der Waals surface area contributed by atoms with Gasteiger partial charge in [-0.3, -0.25) is 9.59 Å². The number of azide groups is 1. The van der Waals surface area contributed by atoms with Crippen molar-refractivity contribution in [2.24, 2.45) is 5.11 Å². The number of Topliss-reactive ketones (excluding diaryl/α,β-unsaturated/α-hetero) is 1. The second-order valence-corrected chi connectivity index (χ2v) is 8.03. The first-order valence-electron chi connectivity index (χ1n) is 9.15. The van der Waals surface area contributed by atoms with Crippen LogP contribution < -0.4 is 5.32 Å². The van der Waals surface area contributed by atoms with Crippen LogP contribution in [0.15, 0.2) is 29.4 Å². The third kappa shape index (κ3) is 8.13. The number of alkyl halides is 1. The van der Waals surface area contributed by atoms with E-state index in [-0.39, 0.29) is 16.7 Å². The van der Waals surface area contributed by atoms with Crippen LogP contribution in [0, 0.1) is 0 Å². The lowest BCUT2D eigenvalue weighted by Gasteiger charge is -2.33. The van der Waals surface area contributed by atoms with Gasteiger partial charge in [-0.2, -0.15) is 0 Å². The Morgan fingerprint density at radius 1 is 1.31 bits per heavy atom. The molecule has 0 aliphatic rings. The predicted octanol–water partition coefficient (Wildman–Crippen LogP) is 4.64. The summed E-state index contributed by atoms with van der Waals surface area (Å²) in [5.74, 6) is -0.614. The van der Waals surface area contributed by atoms with Crippen molar-refractivity contribution < 1.29 is 19.5 Å². The number of benzene rings is 1. The highest BCUT2D eigenvalue weighted by atomic mass is 79.9. The summed E-state index contributed by atoms with van der Waals surface area (Å²) >= 11 is 3.13. The van der Waals surface area contributed by atoms with Crippen LogP contribution in [-0.4, -0.2) is 51.2 Å². The van der Waals surface area contributed by atoms with Crippen LogP contribution in [0.3, 0.4) is 0 Å². The molecule has 0 bridgehead atoms. The Hall–Kier alpha value is -2.58. The zero-order valence-corrected chi connectivity index (χ0v) is 18.3. The van der Waals surface area contributed by atoms with Gasteiger partial charge in [-0.25, -0.2) is 4.79 Å². The Morgan fingerprint density at radius 2 is 2.00 bits per heavy atom. The molecule has 0 aliphatic heterocycles. The molecule has 1 rings (SSSR count). The molecule has 29 heavy (non-hydrogen) atoms. The number of carbonyl (C=O) groups excluding carboxylic acids is 2. The highest BCUT2D eigenvalue weighted by Crippen LogP contribution is 2.17. The normalized spacial score (nSPS) is 11.9. The van der Waals surface area contributed by atoms with E-state index in [9.17, 15) is 19.5 Å². The van der Waals surface area contributed by atoms with Crippen LogP contribution in [0.4, 0.5) is 10.5 Å². The van der Waals surface area contributed by atoms with Gasteiger partial charge < -0.3 is 15.3 Å². The van der Waals surface area contributed by atoms with E-state index in [4.69, 9.17) is 5.53 Å². The largest absolute Gasteiger partial charge is 0.465 e. The van der Waals surface area contributed by atoms with Crippen molar-refractivity contribution in [3.63, 3.8) is 0 Å². The minimum absolute atomic E-state index is 0.0972. The average molecular weight is 468 g/mol. The number of carboxylic acid groups (broad SMARTS) is 1. The molecule has 158 valence electrons. The number of hydrogen-bond acceptors (Lipinski definition) is 4. The van der Waals surface area contributed by atoms with E-state index in [1.165, 1.54) is 11.0 Å². The number of nitrogens with zero attached hydrogens (tertiary/aromatic N) is 4. The third-order valence-electron chi connectivity index (χ3n) is 4.26. The lowest BCUT2D eigenvalue weighted by Crippen LogP contribution is -2.45. The van der Waals surface area contributed by atoms with Gasteiger partial charge in [-0.05, 0) is 57.7 Å². The van der Waals surface area contributed by atoms with Gasteiger partial charge in [0.05, 0.1) is 11.4 Å². The van der Waals surface area contributed by atoms with Crippen molar-refractivity contribution in [2.45, 2.75) is 51.6 Å². The summed E-state index contributed by atoms with van der Waals surface area (Å²) in [5.41, 5.74) is 8.59. The second kappa shape index (κ2) is 11.4. The SMILES string of the molecule is CC(C)(C)N(CCCC[C@H](NC(=O)c1cccc(N=[N+]=[N-])c1)C(=O)CBr)C(=O)O. The number of rotatable bonds is 10. The van der Waals surface area contributed by atoms with Crippen molar-refractivity contribution in [2.75, 3.05) is 11.9 Å². The summed E-state index contributed by atoms with van der Waals surface area (Å²) in [5, 5.41) is 15.6. The molecule has 1 aromatic carbocycles. The molecule has 2 N–H and O–H groups in total. The summed E-state index contributed by atoms with van der Waals surface area (Å²) in [6.07, 6.45) is 0.545. The van der Waals surface area contributed by atoms with Crippen LogP contribution >= 0.6 is 15.9 Å². The maximum absolute atomic E-state index is 12.5. The average Bonchev–Trinajstić information content (AvgIpc) is 2.65. The Balaban J connectivity index is 2.72. The Kier molecular flexibility index (Phi) is 9.64. The van der Waals surface area contributed by atoms with E-state index in [1.807, 2.05) is 20.8 Å². The smallest absolute Gasteiger partial charge is 0.407 e. The molecular formula is C19H26BrN5O4. The second-order valence-electron chi connectivity index (χ2n) is 7.47. The molecule has 2 amide bonds. The van der Waals surface area contributed by atoms with Gasteiger partial charge in [0.1, 0.15) is 0 Å². The van der Waals surface area contributed by atoms with Gasteiger partial charge in [0, 0.05) is 28.2 Å². The molecule has 0 saturated heterocycles. The van der Waals surface area contributed by atoms with Gasteiger partial charge in [-0.1, -0.05) is 33.2 Å². The number of nitrogens with one attached hydrogen (secondary N) is 1. The summed E-state index contributed by atoms with van der Waals surface area (Å²) in [6, 6.07) is 5.47. The summed E-state index contributed by atoms with van der Waals surface area (Å²) in [6.45, 7) is 5.81. The quantitative estimate of drug-likeness (QED) is 0.170. The number of unbranched alkanes of at least 4 members (excludes halogenated alkanes) is 1. The molecule has 1 aromatic rings. The fourth-order valence-electron chi connectivity index (χ4n) is 2.75. The van der Waals surface area contributed by atoms with Crippen LogP contribution in [0.1, 0.15) is 50.4 Å². The number of hydrogen-bond donors (Lipinski definition) is 2. The van der Waals surface area contributed by atoms with Gasteiger partial charge in [0.2, 0.25) is 0 Å². The molecule has 0 aromatic heterocycles.